The summed E-state index contributed by atoms with van der Waals surface area (Å²) < 4.78 is 5.88. The molecule has 0 bridgehead atoms. The number of rotatable bonds is 7. The first-order valence-electron chi connectivity index (χ1n) is 9.74. The van der Waals surface area contributed by atoms with Gasteiger partial charge in [-0.3, -0.25) is 0 Å². The molecule has 3 rings (SSSR count). The van der Waals surface area contributed by atoms with E-state index in [-0.39, 0.29) is 6.04 Å². The number of nitrogens with one attached hydrogen (secondary N) is 1. The van der Waals surface area contributed by atoms with Crippen molar-refractivity contribution in [3.8, 4) is 17.6 Å². The third kappa shape index (κ3) is 6.79. The Kier molecular flexibility index (Phi) is 8.19. The molecule has 0 saturated carbocycles. The van der Waals surface area contributed by atoms with Gasteiger partial charge >= 0.3 is 0 Å². The molecule has 3 aromatic rings. The molecule has 3 N–H and O–H groups in total. The maximum atomic E-state index is 6.38. The van der Waals surface area contributed by atoms with Crippen LogP contribution >= 0.6 is 23.2 Å². The van der Waals surface area contributed by atoms with Crippen molar-refractivity contribution in [3.05, 3.63) is 99.0 Å². The molecule has 30 heavy (non-hydrogen) atoms. The number of hydrogen-bond donors (Lipinski definition) is 2. The highest BCUT2D eigenvalue weighted by molar-refractivity contribution is 6.32. The maximum Gasteiger partial charge on any atom is 0.138 e. The van der Waals surface area contributed by atoms with E-state index in [1.165, 1.54) is 5.56 Å². The van der Waals surface area contributed by atoms with Crippen LogP contribution in [-0.2, 0) is 13.1 Å². The summed E-state index contributed by atoms with van der Waals surface area (Å²) in [6.45, 7) is 3.91. The van der Waals surface area contributed by atoms with Gasteiger partial charge < -0.3 is 15.8 Å². The summed E-state index contributed by atoms with van der Waals surface area (Å²) in [5.74, 6) is 6.85. The Bertz CT molecular complexity index is 1020. The highest BCUT2D eigenvalue weighted by atomic mass is 35.5. The highest BCUT2D eigenvalue weighted by Crippen LogP contribution is 2.25. The zero-order chi connectivity index (χ0) is 21.3. The Morgan fingerprint density at radius 2 is 1.53 bits per heavy atom. The summed E-state index contributed by atoms with van der Waals surface area (Å²) in [4.78, 5) is 0. The minimum atomic E-state index is 0.166. The predicted molar refractivity (Wildman–Crippen MR) is 125 cm³/mol. The number of hydrogen-bond acceptors (Lipinski definition) is 3. The molecule has 0 aliphatic rings. The van der Waals surface area contributed by atoms with Gasteiger partial charge in [0.25, 0.3) is 0 Å². The van der Waals surface area contributed by atoms with Crippen molar-refractivity contribution < 1.29 is 4.74 Å². The summed E-state index contributed by atoms with van der Waals surface area (Å²) in [7, 11) is 0. The van der Waals surface area contributed by atoms with Crippen LogP contribution in [-0.4, -0.2) is 12.6 Å². The number of nitrogens with two attached hydrogens (primary N) is 1. The van der Waals surface area contributed by atoms with Crippen LogP contribution in [0.5, 0.6) is 5.75 Å². The van der Waals surface area contributed by atoms with Crippen molar-refractivity contribution in [3.63, 3.8) is 0 Å². The molecule has 3 aromatic carbocycles. The highest BCUT2D eigenvalue weighted by Gasteiger charge is 2.07. The monoisotopic (exact) mass is 438 g/mol. The summed E-state index contributed by atoms with van der Waals surface area (Å²) in [6.07, 6.45) is 0. The molecule has 154 valence electrons. The molecule has 0 radical (unpaired) electrons. The van der Waals surface area contributed by atoms with Crippen LogP contribution in [0.15, 0.2) is 66.7 Å². The van der Waals surface area contributed by atoms with Gasteiger partial charge in [0.15, 0.2) is 0 Å². The van der Waals surface area contributed by atoms with E-state index in [0.717, 1.165) is 23.2 Å². The van der Waals surface area contributed by atoms with Crippen LogP contribution in [0.25, 0.3) is 0 Å². The van der Waals surface area contributed by atoms with E-state index in [4.69, 9.17) is 33.7 Å². The van der Waals surface area contributed by atoms with E-state index in [1.807, 2.05) is 42.5 Å². The fourth-order valence-corrected chi connectivity index (χ4v) is 3.09. The Morgan fingerprint density at radius 3 is 2.20 bits per heavy atom. The molecule has 0 aromatic heterocycles. The SMILES string of the molecule is CC(COc1ccc(C#Cc2ccc(Cl)cc2)cc1Cl)NCc1ccc(CN)cc1. The average molecular weight is 439 g/mol. The minimum Gasteiger partial charge on any atom is -0.490 e. The van der Waals surface area contributed by atoms with E-state index >= 15 is 0 Å². The van der Waals surface area contributed by atoms with E-state index < -0.39 is 0 Å². The maximum absolute atomic E-state index is 6.38. The molecule has 5 heteroatoms. The molecular formula is C25H24Cl2N2O. The van der Waals surface area contributed by atoms with Gasteiger partial charge in [0, 0.05) is 35.3 Å². The number of halogens is 2. The molecule has 0 spiro atoms. The van der Waals surface area contributed by atoms with Gasteiger partial charge in [-0.05, 0) is 60.5 Å². The van der Waals surface area contributed by atoms with Gasteiger partial charge in [0.2, 0.25) is 0 Å². The van der Waals surface area contributed by atoms with Gasteiger partial charge in [-0.25, -0.2) is 0 Å². The van der Waals surface area contributed by atoms with E-state index in [2.05, 4.69) is 48.3 Å². The fourth-order valence-electron chi connectivity index (χ4n) is 2.73. The zero-order valence-electron chi connectivity index (χ0n) is 16.8. The molecule has 1 unspecified atom stereocenters. The van der Waals surface area contributed by atoms with Crippen LogP contribution in [0.4, 0.5) is 0 Å². The van der Waals surface area contributed by atoms with Gasteiger partial charge in [0.1, 0.15) is 12.4 Å². The Balaban J connectivity index is 1.51. The molecule has 3 nitrogen and oxygen atoms in total. The molecule has 1 atom stereocenters. The molecule has 0 heterocycles. The minimum absolute atomic E-state index is 0.166. The van der Waals surface area contributed by atoms with Crippen molar-refractivity contribution in [2.75, 3.05) is 6.61 Å². The lowest BCUT2D eigenvalue weighted by Gasteiger charge is -2.16. The lowest BCUT2D eigenvalue weighted by atomic mass is 10.1. The average Bonchev–Trinajstić information content (AvgIpc) is 2.77. The van der Waals surface area contributed by atoms with Crippen molar-refractivity contribution in [2.24, 2.45) is 5.73 Å². The second kappa shape index (κ2) is 11.1. The topological polar surface area (TPSA) is 47.3 Å². The lowest BCUT2D eigenvalue weighted by molar-refractivity contribution is 0.272. The molecule has 0 saturated heterocycles. The molecule has 0 aliphatic carbocycles. The summed E-state index contributed by atoms with van der Waals surface area (Å²) >= 11 is 12.3. The second-order valence-corrected chi connectivity index (χ2v) is 7.86. The quantitative estimate of drug-likeness (QED) is 0.484. The van der Waals surface area contributed by atoms with Crippen LogP contribution in [0.3, 0.4) is 0 Å². The number of benzene rings is 3. The van der Waals surface area contributed by atoms with Gasteiger partial charge in [-0.15, -0.1) is 0 Å². The summed E-state index contributed by atoms with van der Waals surface area (Å²) in [5, 5.41) is 4.69. The third-order valence-corrected chi connectivity index (χ3v) is 5.08. The van der Waals surface area contributed by atoms with Crippen molar-refractivity contribution in [1.29, 1.82) is 0 Å². The number of ether oxygens (including phenoxy) is 1. The zero-order valence-corrected chi connectivity index (χ0v) is 18.3. The van der Waals surface area contributed by atoms with E-state index in [1.54, 1.807) is 0 Å². The Morgan fingerprint density at radius 1 is 0.900 bits per heavy atom. The van der Waals surface area contributed by atoms with Crippen molar-refractivity contribution >= 4 is 23.2 Å². The van der Waals surface area contributed by atoms with Crippen molar-refractivity contribution in [1.82, 2.24) is 5.32 Å². The largest absolute Gasteiger partial charge is 0.490 e. The Labute approximate surface area is 188 Å². The first kappa shape index (κ1) is 22.2. The first-order chi connectivity index (χ1) is 14.5. The fraction of sp³-hybridized carbons (Fsp3) is 0.200. The van der Waals surface area contributed by atoms with Gasteiger partial charge in [0.05, 0.1) is 5.02 Å². The summed E-state index contributed by atoms with van der Waals surface area (Å²) in [5.41, 5.74) is 9.70. The second-order valence-electron chi connectivity index (χ2n) is 7.02. The Hall–Kier alpha value is -2.48. The van der Waals surface area contributed by atoms with E-state index in [9.17, 15) is 0 Å². The van der Waals surface area contributed by atoms with Crippen LogP contribution < -0.4 is 15.8 Å². The van der Waals surface area contributed by atoms with E-state index in [0.29, 0.717) is 28.9 Å². The van der Waals surface area contributed by atoms with Gasteiger partial charge in [-0.2, -0.15) is 0 Å². The molecule has 0 fully saturated rings. The van der Waals surface area contributed by atoms with Crippen LogP contribution in [0, 0.1) is 11.8 Å². The van der Waals surface area contributed by atoms with Crippen LogP contribution in [0.2, 0.25) is 10.0 Å². The predicted octanol–water partition coefficient (Wildman–Crippen LogP) is 5.41. The molecular weight excluding hydrogens is 415 g/mol. The van der Waals surface area contributed by atoms with Gasteiger partial charge in [-0.1, -0.05) is 59.3 Å². The molecule has 0 aliphatic heterocycles. The normalized spacial score (nSPS) is 11.5. The smallest absolute Gasteiger partial charge is 0.138 e. The third-order valence-electron chi connectivity index (χ3n) is 4.53. The lowest BCUT2D eigenvalue weighted by Crippen LogP contribution is -2.31. The first-order valence-corrected chi connectivity index (χ1v) is 10.5. The summed E-state index contributed by atoms with van der Waals surface area (Å²) in [6, 6.07) is 21.4. The standard InChI is InChI=1S/C25H24Cl2N2O/c1-18(29-16-22-6-4-21(15-28)5-7-22)17-30-25-13-10-20(14-24(25)27)3-2-19-8-11-23(26)12-9-19/h4-14,18,29H,15-17,28H2,1H3. The van der Waals surface area contributed by atoms with Crippen LogP contribution in [0.1, 0.15) is 29.2 Å². The van der Waals surface area contributed by atoms with Crippen molar-refractivity contribution in [2.45, 2.75) is 26.1 Å². The molecule has 0 amide bonds.